The molecule has 0 aliphatic carbocycles. The maximum absolute atomic E-state index is 4.32. The van der Waals surface area contributed by atoms with E-state index in [1.165, 1.54) is 5.56 Å². The van der Waals surface area contributed by atoms with Crippen molar-refractivity contribution in [3.05, 3.63) is 18.0 Å². The van der Waals surface area contributed by atoms with Crippen molar-refractivity contribution in [3.8, 4) is 0 Å². The van der Waals surface area contributed by atoms with Crippen LogP contribution in [0.4, 0.5) is 0 Å². The molecule has 12 heavy (non-hydrogen) atoms. The van der Waals surface area contributed by atoms with Gasteiger partial charge >= 0.3 is 0 Å². The first-order valence-corrected chi connectivity index (χ1v) is 4.68. The van der Waals surface area contributed by atoms with Crippen molar-refractivity contribution in [2.24, 2.45) is 5.92 Å². The van der Waals surface area contributed by atoms with E-state index < -0.39 is 0 Å². The highest BCUT2D eigenvalue weighted by atomic mass is 15.3. The number of nitrogens with zero attached hydrogens (tertiary/aromatic N) is 2. The summed E-state index contributed by atoms with van der Waals surface area (Å²) in [5.41, 5.74) is 1.32. The van der Waals surface area contributed by atoms with Crippen molar-refractivity contribution in [3.63, 3.8) is 0 Å². The van der Waals surface area contributed by atoms with Crippen molar-refractivity contribution in [1.82, 2.24) is 9.78 Å². The van der Waals surface area contributed by atoms with E-state index in [1.807, 2.05) is 6.20 Å². The first kappa shape index (κ1) is 9.30. The van der Waals surface area contributed by atoms with Crippen molar-refractivity contribution >= 4 is 0 Å². The third kappa shape index (κ3) is 1.87. The molecule has 1 heterocycles. The van der Waals surface area contributed by atoms with Crippen LogP contribution in [0.2, 0.25) is 0 Å². The van der Waals surface area contributed by atoms with E-state index in [0.29, 0.717) is 12.0 Å². The second-order valence-corrected chi connectivity index (χ2v) is 3.67. The number of aryl methyl sites for hydroxylation is 1. The lowest BCUT2D eigenvalue weighted by molar-refractivity contribution is 0.375. The molecule has 2 nitrogen and oxygen atoms in total. The number of rotatable bonds is 3. The van der Waals surface area contributed by atoms with Crippen molar-refractivity contribution in [1.29, 1.82) is 0 Å². The molecule has 0 saturated heterocycles. The third-order valence-electron chi connectivity index (χ3n) is 2.45. The van der Waals surface area contributed by atoms with Crippen LogP contribution in [-0.4, -0.2) is 9.78 Å². The molecule has 0 fully saturated rings. The normalized spacial score (nSPS) is 13.8. The molecule has 1 aromatic heterocycles. The molecule has 0 aromatic carbocycles. The summed E-state index contributed by atoms with van der Waals surface area (Å²) in [5, 5.41) is 4.32. The lowest BCUT2D eigenvalue weighted by atomic mass is 10.1. The highest BCUT2D eigenvalue weighted by Gasteiger charge is 2.09. The molecule has 68 valence electrons. The van der Waals surface area contributed by atoms with Crippen molar-refractivity contribution in [2.75, 3.05) is 0 Å². The van der Waals surface area contributed by atoms with E-state index in [4.69, 9.17) is 0 Å². The summed E-state index contributed by atoms with van der Waals surface area (Å²) < 4.78 is 2.06. The molecule has 0 spiro atoms. The molecule has 0 amide bonds. The highest BCUT2D eigenvalue weighted by molar-refractivity contribution is 5.03. The number of hydrogen-bond acceptors (Lipinski definition) is 1. The Balaban J connectivity index is 2.74. The lowest BCUT2D eigenvalue weighted by Gasteiger charge is -2.15. The number of aromatic nitrogens is 2. The van der Waals surface area contributed by atoms with Gasteiger partial charge in [-0.3, -0.25) is 4.68 Å². The summed E-state index contributed by atoms with van der Waals surface area (Å²) in [4.78, 5) is 0. The Morgan fingerprint density at radius 3 is 2.50 bits per heavy atom. The van der Waals surface area contributed by atoms with Gasteiger partial charge in [-0.05, 0) is 24.8 Å². The lowest BCUT2D eigenvalue weighted by Crippen LogP contribution is -2.11. The Morgan fingerprint density at radius 1 is 1.42 bits per heavy atom. The van der Waals surface area contributed by atoms with Crippen LogP contribution >= 0.6 is 0 Å². The molecule has 0 aliphatic heterocycles. The van der Waals surface area contributed by atoms with Crippen LogP contribution in [0.3, 0.4) is 0 Å². The summed E-state index contributed by atoms with van der Waals surface area (Å²) >= 11 is 0. The second-order valence-electron chi connectivity index (χ2n) is 3.67. The third-order valence-corrected chi connectivity index (χ3v) is 2.45. The summed E-state index contributed by atoms with van der Waals surface area (Å²) in [6.07, 6.45) is 5.17. The topological polar surface area (TPSA) is 17.8 Å². The standard InChI is InChI=1S/C10H18N2/c1-5-10-6-11-12(7-10)9(4)8(2)3/h6-9H,5H2,1-4H3. The van der Waals surface area contributed by atoms with Gasteiger partial charge in [0.1, 0.15) is 0 Å². The Kier molecular flexibility index (Phi) is 2.90. The minimum atomic E-state index is 0.505. The van der Waals surface area contributed by atoms with Gasteiger partial charge in [-0.1, -0.05) is 20.8 Å². The molecule has 0 bridgehead atoms. The zero-order chi connectivity index (χ0) is 9.14. The van der Waals surface area contributed by atoms with E-state index in [9.17, 15) is 0 Å². The van der Waals surface area contributed by atoms with Gasteiger partial charge < -0.3 is 0 Å². The molecule has 1 unspecified atom stereocenters. The van der Waals surface area contributed by atoms with E-state index >= 15 is 0 Å². The van der Waals surface area contributed by atoms with Gasteiger partial charge in [-0.25, -0.2) is 0 Å². The quantitative estimate of drug-likeness (QED) is 0.675. The molecule has 0 radical (unpaired) electrons. The van der Waals surface area contributed by atoms with Crippen LogP contribution < -0.4 is 0 Å². The minimum Gasteiger partial charge on any atom is -0.269 e. The number of hydrogen-bond donors (Lipinski definition) is 0. The fraction of sp³-hybridized carbons (Fsp3) is 0.700. The Morgan fingerprint density at radius 2 is 2.08 bits per heavy atom. The summed E-state index contributed by atoms with van der Waals surface area (Å²) in [7, 11) is 0. The van der Waals surface area contributed by atoms with E-state index in [0.717, 1.165) is 6.42 Å². The first-order valence-electron chi connectivity index (χ1n) is 4.68. The molecule has 1 atom stereocenters. The smallest absolute Gasteiger partial charge is 0.0521 e. The predicted octanol–water partition coefficient (Wildman–Crippen LogP) is 2.66. The van der Waals surface area contributed by atoms with Gasteiger partial charge in [0.15, 0.2) is 0 Å². The van der Waals surface area contributed by atoms with E-state index in [1.54, 1.807) is 0 Å². The molecule has 0 saturated carbocycles. The molecule has 1 aromatic rings. The van der Waals surface area contributed by atoms with Crippen LogP contribution in [0.1, 0.15) is 39.3 Å². The monoisotopic (exact) mass is 166 g/mol. The van der Waals surface area contributed by atoms with Crippen molar-refractivity contribution in [2.45, 2.75) is 40.2 Å². The average molecular weight is 166 g/mol. The Hall–Kier alpha value is -0.790. The summed E-state index contributed by atoms with van der Waals surface area (Å²) in [6, 6.07) is 0.505. The molecular formula is C10H18N2. The molecular weight excluding hydrogens is 148 g/mol. The van der Waals surface area contributed by atoms with Gasteiger partial charge in [-0.15, -0.1) is 0 Å². The van der Waals surface area contributed by atoms with Gasteiger partial charge in [-0.2, -0.15) is 5.10 Å². The van der Waals surface area contributed by atoms with Gasteiger partial charge in [0.25, 0.3) is 0 Å². The van der Waals surface area contributed by atoms with Crippen LogP contribution in [0.5, 0.6) is 0 Å². The molecule has 1 rings (SSSR count). The van der Waals surface area contributed by atoms with Crippen LogP contribution in [0.25, 0.3) is 0 Å². The van der Waals surface area contributed by atoms with Gasteiger partial charge in [0.05, 0.1) is 12.2 Å². The summed E-state index contributed by atoms with van der Waals surface area (Å²) in [6.45, 7) is 8.80. The Bertz CT molecular complexity index is 238. The largest absolute Gasteiger partial charge is 0.269 e. The van der Waals surface area contributed by atoms with Crippen LogP contribution in [0, 0.1) is 5.92 Å². The fourth-order valence-electron chi connectivity index (χ4n) is 1.09. The van der Waals surface area contributed by atoms with E-state index in [2.05, 4.69) is 43.7 Å². The van der Waals surface area contributed by atoms with Crippen LogP contribution in [0.15, 0.2) is 12.4 Å². The second kappa shape index (κ2) is 3.74. The van der Waals surface area contributed by atoms with Crippen molar-refractivity contribution < 1.29 is 0 Å². The van der Waals surface area contributed by atoms with Crippen LogP contribution in [-0.2, 0) is 6.42 Å². The molecule has 2 heteroatoms. The predicted molar refractivity (Wildman–Crippen MR) is 51.2 cm³/mol. The maximum atomic E-state index is 4.32. The zero-order valence-corrected chi connectivity index (χ0v) is 8.41. The summed E-state index contributed by atoms with van der Waals surface area (Å²) in [5.74, 6) is 0.648. The first-order chi connectivity index (χ1) is 5.65. The average Bonchev–Trinajstić information content (AvgIpc) is 2.50. The minimum absolute atomic E-state index is 0.505. The SMILES string of the molecule is CCc1cnn(C(C)C(C)C)c1. The zero-order valence-electron chi connectivity index (χ0n) is 8.41. The molecule has 0 N–H and O–H groups in total. The fourth-order valence-corrected chi connectivity index (χ4v) is 1.09. The van der Waals surface area contributed by atoms with Gasteiger partial charge in [0.2, 0.25) is 0 Å². The van der Waals surface area contributed by atoms with E-state index in [-0.39, 0.29) is 0 Å². The van der Waals surface area contributed by atoms with Gasteiger partial charge in [0, 0.05) is 6.20 Å². The highest BCUT2D eigenvalue weighted by Crippen LogP contribution is 2.15. The maximum Gasteiger partial charge on any atom is 0.0521 e. The molecule has 0 aliphatic rings. The Labute approximate surface area is 74.6 Å².